The van der Waals surface area contributed by atoms with E-state index in [0.717, 1.165) is 16.5 Å². The van der Waals surface area contributed by atoms with Gasteiger partial charge in [0.15, 0.2) is 0 Å². The van der Waals surface area contributed by atoms with Crippen molar-refractivity contribution in [2.75, 3.05) is 0 Å². The van der Waals surface area contributed by atoms with Gasteiger partial charge in [0.2, 0.25) is 6.08 Å². The summed E-state index contributed by atoms with van der Waals surface area (Å²) in [6, 6.07) is 11.4. The number of nitrogens with zero attached hydrogens (tertiary/aromatic N) is 1. The molecular formula is C13H12NO2Si. The summed E-state index contributed by atoms with van der Waals surface area (Å²) in [7, 11) is -0.810. The average Bonchev–Trinajstić information content (AvgIpc) is 2.32. The molecule has 2 aromatic carbocycles. The largest absolute Gasteiger partial charge is 0.542 e. The summed E-state index contributed by atoms with van der Waals surface area (Å²) in [6.07, 6.45) is 1.58. The Kier molecular flexibility index (Phi) is 3.37. The normalized spacial score (nSPS) is 10.3. The molecule has 0 amide bonds. The molecule has 0 fully saturated rings. The third-order valence-electron chi connectivity index (χ3n) is 2.34. The minimum Gasteiger partial charge on any atom is -0.542 e. The minimum atomic E-state index is -0.810. The fraction of sp³-hybridized carbons (Fsp3) is 0.154. The van der Waals surface area contributed by atoms with Gasteiger partial charge in [0.25, 0.3) is 9.04 Å². The van der Waals surface area contributed by atoms with Gasteiger partial charge in [-0.1, -0.05) is 24.3 Å². The number of isocyanates is 1. The van der Waals surface area contributed by atoms with E-state index in [1.807, 2.05) is 30.3 Å². The summed E-state index contributed by atoms with van der Waals surface area (Å²) in [5, 5.41) is 1.90. The molecular weight excluding hydrogens is 230 g/mol. The van der Waals surface area contributed by atoms with Gasteiger partial charge in [-0.25, -0.2) is 4.79 Å². The van der Waals surface area contributed by atoms with Crippen LogP contribution in [0.2, 0.25) is 13.1 Å². The van der Waals surface area contributed by atoms with Crippen molar-refractivity contribution in [3.05, 3.63) is 36.4 Å². The smallest absolute Gasteiger partial charge is 0.274 e. The van der Waals surface area contributed by atoms with Crippen molar-refractivity contribution in [2.24, 2.45) is 4.99 Å². The highest BCUT2D eigenvalue weighted by atomic mass is 28.3. The van der Waals surface area contributed by atoms with Crippen LogP contribution in [0.25, 0.3) is 10.8 Å². The molecule has 0 heterocycles. The van der Waals surface area contributed by atoms with E-state index in [2.05, 4.69) is 18.1 Å². The summed E-state index contributed by atoms with van der Waals surface area (Å²) in [4.78, 5) is 14.1. The van der Waals surface area contributed by atoms with Crippen LogP contribution in [0.5, 0.6) is 5.75 Å². The van der Waals surface area contributed by atoms with Gasteiger partial charge < -0.3 is 4.43 Å². The van der Waals surface area contributed by atoms with Crippen LogP contribution in [0, 0.1) is 0 Å². The summed E-state index contributed by atoms with van der Waals surface area (Å²) in [5.41, 5.74) is 0.629. The van der Waals surface area contributed by atoms with Crippen LogP contribution in [0.3, 0.4) is 0 Å². The molecule has 0 bridgehead atoms. The van der Waals surface area contributed by atoms with E-state index in [1.54, 1.807) is 12.1 Å². The van der Waals surface area contributed by atoms with Crippen LogP contribution in [-0.4, -0.2) is 15.1 Å². The van der Waals surface area contributed by atoms with Crippen molar-refractivity contribution < 1.29 is 9.22 Å². The van der Waals surface area contributed by atoms with Gasteiger partial charge in [-0.05, 0) is 25.2 Å². The van der Waals surface area contributed by atoms with Crippen molar-refractivity contribution in [3.63, 3.8) is 0 Å². The molecule has 0 saturated carbocycles. The van der Waals surface area contributed by atoms with E-state index >= 15 is 0 Å². The zero-order valence-corrected chi connectivity index (χ0v) is 10.7. The second-order valence-corrected chi connectivity index (χ2v) is 5.86. The number of fused-ring (bicyclic) bond motifs is 1. The molecule has 0 N–H and O–H groups in total. The molecule has 2 aromatic rings. The van der Waals surface area contributed by atoms with Crippen LogP contribution in [0.1, 0.15) is 0 Å². The monoisotopic (exact) mass is 242 g/mol. The lowest BCUT2D eigenvalue weighted by molar-refractivity contribution is 0.565. The zero-order chi connectivity index (χ0) is 12.3. The van der Waals surface area contributed by atoms with Crippen LogP contribution >= 0.6 is 0 Å². The van der Waals surface area contributed by atoms with Gasteiger partial charge in [0, 0.05) is 10.8 Å². The van der Waals surface area contributed by atoms with Crippen molar-refractivity contribution in [2.45, 2.75) is 13.1 Å². The molecule has 0 atom stereocenters. The minimum absolute atomic E-state index is 0.629. The maximum atomic E-state index is 10.4. The van der Waals surface area contributed by atoms with Gasteiger partial charge in [0.1, 0.15) is 5.75 Å². The predicted octanol–water partition coefficient (Wildman–Crippen LogP) is 3.44. The number of benzene rings is 2. The SMILES string of the molecule is C[Si](C)Oc1ccc(N=C=O)c2ccccc12. The van der Waals surface area contributed by atoms with Crippen molar-refractivity contribution in [1.29, 1.82) is 0 Å². The maximum Gasteiger partial charge on any atom is 0.274 e. The lowest BCUT2D eigenvalue weighted by atomic mass is 10.1. The molecule has 2 rings (SSSR count). The Bertz CT molecular complexity index is 589. The predicted molar refractivity (Wildman–Crippen MR) is 69.8 cm³/mol. The number of hydrogen-bond acceptors (Lipinski definition) is 3. The maximum absolute atomic E-state index is 10.4. The Morgan fingerprint density at radius 1 is 1.12 bits per heavy atom. The molecule has 0 unspecified atom stereocenters. The molecule has 0 aromatic heterocycles. The third kappa shape index (κ3) is 2.44. The van der Waals surface area contributed by atoms with Crippen LogP contribution in [0.15, 0.2) is 41.4 Å². The molecule has 1 radical (unpaired) electrons. The highest BCUT2D eigenvalue weighted by Crippen LogP contribution is 2.33. The van der Waals surface area contributed by atoms with E-state index in [-0.39, 0.29) is 0 Å². The molecule has 0 saturated heterocycles. The van der Waals surface area contributed by atoms with Gasteiger partial charge in [-0.2, -0.15) is 4.99 Å². The molecule has 4 heteroatoms. The van der Waals surface area contributed by atoms with E-state index < -0.39 is 9.04 Å². The number of rotatable bonds is 3. The van der Waals surface area contributed by atoms with Crippen molar-refractivity contribution in [3.8, 4) is 5.75 Å². The Morgan fingerprint density at radius 3 is 2.47 bits per heavy atom. The van der Waals surface area contributed by atoms with Crippen molar-refractivity contribution >= 4 is 31.6 Å². The molecule has 3 nitrogen and oxygen atoms in total. The Balaban J connectivity index is 2.66. The summed E-state index contributed by atoms with van der Waals surface area (Å²) >= 11 is 0. The molecule has 85 valence electrons. The van der Waals surface area contributed by atoms with Crippen LogP contribution in [-0.2, 0) is 4.79 Å². The first-order valence-electron chi connectivity index (χ1n) is 5.30. The van der Waals surface area contributed by atoms with E-state index in [9.17, 15) is 4.79 Å². The molecule has 0 aliphatic heterocycles. The molecule has 0 aliphatic carbocycles. The Morgan fingerprint density at radius 2 is 1.82 bits per heavy atom. The summed E-state index contributed by atoms with van der Waals surface area (Å²) < 4.78 is 5.82. The topological polar surface area (TPSA) is 38.7 Å². The standard InChI is InChI=1S/C13H12NO2Si/c1-17(2)16-13-8-7-12(14-9-15)10-5-3-4-6-11(10)13/h3-8H,1-2H3. The van der Waals surface area contributed by atoms with Crippen molar-refractivity contribution in [1.82, 2.24) is 0 Å². The van der Waals surface area contributed by atoms with E-state index in [0.29, 0.717) is 5.69 Å². The molecule has 0 spiro atoms. The fourth-order valence-electron chi connectivity index (χ4n) is 1.71. The summed E-state index contributed by atoms with van der Waals surface area (Å²) in [5.74, 6) is 0.851. The first-order chi connectivity index (χ1) is 8.22. The quantitative estimate of drug-likeness (QED) is 0.470. The number of hydrogen-bond donors (Lipinski definition) is 0. The third-order valence-corrected chi connectivity index (χ3v) is 2.97. The molecule has 17 heavy (non-hydrogen) atoms. The van der Waals surface area contributed by atoms with Gasteiger partial charge in [0.05, 0.1) is 5.69 Å². The zero-order valence-electron chi connectivity index (χ0n) is 9.73. The first kappa shape index (κ1) is 11.6. The Hall–Kier alpha value is -1.90. The van der Waals surface area contributed by atoms with Gasteiger partial charge in [-0.15, -0.1) is 0 Å². The van der Waals surface area contributed by atoms with Crippen LogP contribution < -0.4 is 4.43 Å². The fourth-order valence-corrected chi connectivity index (χ4v) is 2.33. The number of carbonyl (C=O) groups excluding carboxylic acids is 1. The van der Waals surface area contributed by atoms with E-state index in [4.69, 9.17) is 4.43 Å². The Labute approximate surface area is 101 Å². The highest BCUT2D eigenvalue weighted by molar-refractivity contribution is 6.49. The van der Waals surface area contributed by atoms with E-state index in [1.165, 1.54) is 0 Å². The lowest BCUT2D eigenvalue weighted by Crippen LogP contribution is -2.11. The molecule has 0 aliphatic rings. The summed E-state index contributed by atoms with van der Waals surface area (Å²) in [6.45, 7) is 4.16. The number of aliphatic imine (C=N–C) groups is 1. The highest BCUT2D eigenvalue weighted by Gasteiger charge is 2.08. The van der Waals surface area contributed by atoms with Gasteiger partial charge in [-0.3, -0.25) is 0 Å². The first-order valence-corrected chi connectivity index (χ1v) is 7.71. The second kappa shape index (κ2) is 4.95. The van der Waals surface area contributed by atoms with Crippen LogP contribution in [0.4, 0.5) is 5.69 Å². The average molecular weight is 242 g/mol. The lowest BCUT2D eigenvalue weighted by Gasteiger charge is -2.12. The van der Waals surface area contributed by atoms with Gasteiger partial charge >= 0.3 is 0 Å². The second-order valence-electron chi connectivity index (χ2n) is 3.84.